The summed E-state index contributed by atoms with van der Waals surface area (Å²) < 4.78 is 6.23. The number of rotatable bonds is 5. The zero-order valence-electron chi connectivity index (χ0n) is 10.5. The molecule has 0 aromatic heterocycles. The molecule has 0 aromatic carbocycles. The first-order chi connectivity index (χ1) is 8.23. The standard InChI is InChI=1S/C14H24O3/c15-2-1-13(9-16)17-14-6-10-3-11(7-14)5-12(4-10)8-14/h10-13,15-16H,1-9H2. The molecule has 98 valence electrons. The summed E-state index contributed by atoms with van der Waals surface area (Å²) in [5.74, 6) is 2.61. The van der Waals surface area contributed by atoms with Crippen molar-refractivity contribution in [2.75, 3.05) is 13.2 Å². The van der Waals surface area contributed by atoms with Crippen LogP contribution in [0.4, 0.5) is 0 Å². The topological polar surface area (TPSA) is 49.7 Å². The minimum Gasteiger partial charge on any atom is -0.396 e. The molecule has 1 unspecified atom stereocenters. The molecular weight excluding hydrogens is 216 g/mol. The second-order valence-corrected chi connectivity index (χ2v) is 6.54. The second kappa shape index (κ2) is 4.52. The normalized spacial score (nSPS) is 45.2. The predicted molar refractivity (Wildman–Crippen MR) is 64.6 cm³/mol. The molecule has 0 radical (unpaired) electrons. The second-order valence-electron chi connectivity index (χ2n) is 6.54. The largest absolute Gasteiger partial charge is 0.396 e. The Morgan fingerprint density at radius 1 is 1.00 bits per heavy atom. The zero-order valence-corrected chi connectivity index (χ0v) is 10.5. The molecule has 4 aliphatic rings. The molecule has 3 nitrogen and oxygen atoms in total. The van der Waals surface area contributed by atoms with Crippen molar-refractivity contribution in [3.8, 4) is 0 Å². The summed E-state index contributed by atoms with van der Waals surface area (Å²) in [4.78, 5) is 0. The van der Waals surface area contributed by atoms with Crippen LogP contribution < -0.4 is 0 Å². The summed E-state index contributed by atoms with van der Waals surface area (Å²) in [7, 11) is 0. The van der Waals surface area contributed by atoms with Crippen molar-refractivity contribution in [2.24, 2.45) is 17.8 Å². The monoisotopic (exact) mass is 240 g/mol. The summed E-state index contributed by atoms with van der Waals surface area (Å²) in [6, 6.07) is 0. The average molecular weight is 240 g/mol. The Bertz CT molecular complexity index is 241. The predicted octanol–water partition coefficient (Wildman–Crippen LogP) is 1.72. The summed E-state index contributed by atoms with van der Waals surface area (Å²) in [6.45, 7) is 0.153. The van der Waals surface area contributed by atoms with Gasteiger partial charge in [-0.05, 0) is 62.7 Å². The number of hydrogen-bond donors (Lipinski definition) is 2. The first-order valence-electron chi connectivity index (χ1n) is 7.12. The van der Waals surface area contributed by atoms with Gasteiger partial charge in [0.25, 0.3) is 0 Å². The maximum Gasteiger partial charge on any atom is 0.0835 e. The van der Waals surface area contributed by atoms with Crippen LogP contribution in [0.25, 0.3) is 0 Å². The highest BCUT2D eigenvalue weighted by Crippen LogP contribution is 2.57. The number of aliphatic hydroxyl groups is 2. The van der Waals surface area contributed by atoms with Gasteiger partial charge >= 0.3 is 0 Å². The summed E-state index contributed by atoms with van der Waals surface area (Å²) >= 11 is 0. The lowest BCUT2D eigenvalue weighted by molar-refractivity contribution is -0.197. The van der Waals surface area contributed by atoms with E-state index in [1.165, 1.54) is 38.5 Å². The number of ether oxygens (including phenoxy) is 1. The van der Waals surface area contributed by atoms with Crippen LogP contribution in [0.1, 0.15) is 44.9 Å². The van der Waals surface area contributed by atoms with Crippen molar-refractivity contribution in [1.82, 2.24) is 0 Å². The van der Waals surface area contributed by atoms with E-state index < -0.39 is 0 Å². The maximum atomic E-state index is 9.32. The quantitative estimate of drug-likeness (QED) is 0.769. The zero-order chi connectivity index (χ0) is 11.9. The number of aliphatic hydroxyl groups excluding tert-OH is 2. The van der Waals surface area contributed by atoms with Gasteiger partial charge in [0.2, 0.25) is 0 Å². The summed E-state index contributed by atoms with van der Waals surface area (Å²) in [5, 5.41) is 18.3. The average Bonchev–Trinajstić information content (AvgIpc) is 2.26. The molecule has 17 heavy (non-hydrogen) atoms. The lowest BCUT2D eigenvalue weighted by Gasteiger charge is -2.57. The number of hydrogen-bond acceptors (Lipinski definition) is 3. The van der Waals surface area contributed by atoms with Crippen molar-refractivity contribution in [3.63, 3.8) is 0 Å². The molecule has 4 aliphatic carbocycles. The van der Waals surface area contributed by atoms with E-state index in [1.54, 1.807) is 0 Å². The van der Waals surface area contributed by atoms with Crippen molar-refractivity contribution < 1.29 is 14.9 Å². The molecule has 4 bridgehead atoms. The maximum absolute atomic E-state index is 9.32. The molecule has 0 aromatic rings. The van der Waals surface area contributed by atoms with Crippen LogP contribution in [0.5, 0.6) is 0 Å². The van der Waals surface area contributed by atoms with E-state index >= 15 is 0 Å². The molecule has 4 fully saturated rings. The van der Waals surface area contributed by atoms with Crippen molar-refractivity contribution in [2.45, 2.75) is 56.7 Å². The van der Waals surface area contributed by atoms with Gasteiger partial charge in [-0.3, -0.25) is 0 Å². The Hall–Kier alpha value is -0.120. The van der Waals surface area contributed by atoms with E-state index in [2.05, 4.69) is 0 Å². The highest BCUT2D eigenvalue weighted by Gasteiger charge is 2.52. The minimum absolute atomic E-state index is 0.0440. The fourth-order valence-corrected chi connectivity index (χ4v) is 4.86. The van der Waals surface area contributed by atoms with Crippen LogP contribution in [0, 0.1) is 17.8 Å². The van der Waals surface area contributed by atoms with E-state index in [0.717, 1.165) is 17.8 Å². The Morgan fingerprint density at radius 3 is 1.94 bits per heavy atom. The van der Waals surface area contributed by atoms with Crippen molar-refractivity contribution in [1.29, 1.82) is 0 Å². The molecule has 1 atom stereocenters. The fraction of sp³-hybridized carbons (Fsp3) is 1.00. The van der Waals surface area contributed by atoms with Crippen molar-refractivity contribution >= 4 is 0 Å². The lowest BCUT2D eigenvalue weighted by atomic mass is 9.54. The highest BCUT2D eigenvalue weighted by molar-refractivity contribution is 5.03. The van der Waals surface area contributed by atoms with E-state index in [9.17, 15) is 5.11 Å². The van der Waals surface area contributed by atoms with Gasteiger partial charge in [-0.15, -0.1) is 0 Å². The SMILES string of the molecule is OCCC(CO)OC12CC3CC(CC(C3)C1)C2. The molecule has 4 saturated carbocycles. The van der Waals surface area contributed by atoms with Gasteiger partial charge in [0, 0.05) is 6.61 Å². The highest BCUT2D eigenvalue weighted by atomic mass is 16.5. The molecular formula is C14H24O3. The molecule has 0 aliphatic heterocycles. The molecule has 2 N–H and O–H groups in total. The third-order valence-electron chi connectivity index (χ3n) is 5.05. The Balaban J connectivity index is 1.69. The van der Waals surface area contributed by atoms with Crippen LogP contribution in [-0.2, 0) is 4.74 Å². The van der Waals surface area contributed by atoms with Gasteiger partial charge in [-0.25, -0.2) is 0 Å². The third-order valence-corrected chi connectivity index (χ3v) is 5.05. The van der Waals surface area contributed by atoms with Gasteiger partial charge < -0.3 is 14.9 Å². The fourth-order valence-electron chi connectivity index (χ4n) is 4.86. The Kier molecular flexibility index (Phi) is 3.18. The smallest absolute Gasteiger partial charge is 0.0835 e. The van der Waals surface area contributed by atoms with Gasteiger partial charge in [0.05, 0.1) is 18.3 Å². The molecule has 0 amide bonds. The summed E-state index contributed by atoms with van der Waals surface area (Å²) in [5.41, 5.74) is 0.0529. The van der Waals surface area contributed by atoms with Gasteiger partial charge in [-0.1, -0.05) is 0 Å². The first kappa shape index (κ1) is 11.9. The van der Waals surface area contributed by atoms with Crippen LogP contribution in [0.3, 0.4) is 0 Å². The van der Waals surface area contributed by atoms with E-state index in [4.69, 9.17) is 9.84 Å². The van der Waals surface area contributed by atoms with Crippen molar-refractivity contribution in [3.05, 3.63) is 0 Å². The van der Waals surface area contributed by atoms with Crippen LogP contribution in [0.2, 0.25) is 0 Å². The van der Waals surface area contributed by atoms with E-state index in [0.29, 0.717) is 6.42 Å². The summed E-state index contributed by atoms with van der Waals surface area (Å²) in [6.07, 6.45) is 8.22. The Morgan fingerprint density at radius 2 is 1.53 bits per heavy atom. The Labute approximate surface area is 103 Å². The molecule has 0 heterocycles. The molecule has 3 heteroatoms. The lowest BCUT2D eigenvalue weighted by Crippen LogP contribution is -2.53. The first-order valence-corrected chi connectivity index (χ1v) is 7.12. The van der Waals surface area contributed by atoms with Gasteiger partial charge in [0.15, 0.2) is 0 Å². The van der Waals surface area contributed by atoms with Gasteiger partial charge in [-0.2, -0.15) is 0 Å². The third kappa shape index (κ3) is 2.25. The van der Waals surface area contributed by atoms with Crippen LogP contribution >= 0.6 is 0 Å². The molecule has 4 rings (SSSR count). The van der Waals surface area contributed by atoms with Crippen LogP contribution in [0.15, 0.2) is 0 Å². The van der Waals surface area contributed by atoms with E-state index in [1.807, 2.05) is 0 Å². The minimum atomic E-state index is -0.156. The van der Waals surface area contributed by atoms with Gasteiger partial charge in [0.1, 0.15) is 0 Å². The van der Waals surface area contributed by atoms with E-state index in [-0.39, 0.29) is 24.9 Å². The molecule has 0 spiro atoms. The molecule has 0 saturated heterocycles. The van der Waals surface area contributed by atoms with Crippen LogP contribution in [-0.4, -0.2) is 35.1 Å².